The number of rotatable bonds is 3. The van der Waals surface area contributed by atoms with Crippen LogP contribution in [0.25, 0.3) is 0 Å². The van der Waals surface area contributed by atoms with Crippen molar-refractivity contribution in [1.29, 1.82) is 0 Å². The van der Waals surface area contributed by atoms with Crippen molar-refractivity contribution in [3.8, 4) is 0 Å². The summed E-state index contributed by atoms with van der Waals surface area (Å²) in [6.07, 6.45) is 3.52. The van der Waals surface area contributed by atoms with Crippen LogP contribution in [-0.2, 0) is 14.3 Å². The Kier molecular flexibility index (Phi) is 4.46. The molecular formula is C15H25NO5. The Labute approximate surface area is 125 Å². The van der Waals surface area contributed by atoms with Crippen LogP contribution in [0.4, 0.5) is 4.79 Å². The average Bonchev–Trinajstić information content (AvgIpc) is 2.32. The van der Waals surface area contributed by atoms with Crippen LogP contribution in [-0.4, -0.2) is 53.5 Å². The van der Waals surface area contributed by atoms with Crippen LogP contribution >= 0.6 is 0 Å². The van der Waals surface area contributed by atoms with E-state index < -0.39 is 11.6 Å². The molecule has 6 nitrogen and oxygen atoms in total. The van der Waals surface area contributed by atoms with Crippen molar-refractivity contribution >= 4 is 12.1 Å². The summed E-state index contributed by atoms with van der Waals surface area (Å²) in [6.45, 7) is 6.80. The lowest BCUT2D eigenvalue weighted by Crippen LogP contribution is -2.52. The van der Waals surface area contributed by atoms with Crippen molar-refractivity contribution in [2.45, 2.75) is 58.2 Å². The van der Waals surface area contributed by atoms with E-state index in [0.29, 0.717) is 13.1 Å². The quantitative estimate of drug-likeness (QED) is 0.865. The van der Waals surface area contributed by atoms with Gasteiger partial charge in [0.15, 0.2) is 0 Å². The van der Waals surface area contributed by atoms with Gasteiger partial charge < -0.3 is 19.5 Å². The fourth-order valence-corrected chi connectivity index (χ4v) is 3.11. The van der Waals surface area contributed by atoms with Gasteiger partial charge in [-0.25, -0.2) is 9.59 Å². The predicted molar refractivity (Wildman–Crippen MR) is 76.1 cm³/mol. The molecule has 1 saturated heterocycles. The molecule has 0 aromatic rings. The molecule has 1 saturated carbocycles. The van der Waals surface area contributed by atoms with Crippen molar-refractivity contribution < 1.29 is 24.2 Å². The lowest BCUT2D eigenvalue weighted by atomic mass is 9.61. The Hall–Kier alpha value is -1.30. The second-order valence-corrected chi connectivity index (χ2v) is 7.20. The first kappa shape index (κ1) is 16.1. The van der Waals surface area contributed by atoms with Gasteiger partial charge in [-0.1, -0.05) is 0 Å². The largest absolute Gasteiger partial charge is 0.480 e. The number of carboxylic acid groups (broad SMARTS) is 1. The monoisotopic (exact) mass is 299 g/mol. The number of hydrogen-bond donors (Lipinski definition) is 1. The lowest BCUT2D eigenvalue weighted by molar-refractivity contribution is -0.154. The molecule has 2 rings (SSSR count). The van der Waals surface area contributed by atoms with E-state index in [1.54, 1.807) is 4.90 Å². The highest BCUT2D eigenvalue weighted by Gasteiger charge is 2.47. The number of likely N-dealkylation sites (tertiary alicyclic amines) is 1. The average molecular weight is 299 g/mol. The van der Waals surface area contributed by atoms with Crippen molar-refractivity contribution in [2.75, 3.05) is 19.7 Å². The SMILES string of the molecule is CC(C)(C)OC(=O)N1CCC2(CC1)CC(OCC(=O)O)C2. The Balaban J connectivity index is 1.72. The number of amides is 1. The Morgan fingerprint density at radius 1 is 1.24 bits per heavy atom. The standard InChI is InChI=1S/C15H25NO5/c1-14(2,3)21-13(19)16-6-4-15(5-7-16)8-11(9-15)20-10-12(17)18/h11H,4-10H2,1-3H3,(H,17,18). The molecule has 0 aromatic carbocycles. The zero-order valence-electron chi connectivity index (χ0n) is 13.1. The minimum atomic E-state index is -0.921. The van der Waals surface area contributed by atoms with E-state index in [4.69, 9.17) is 14.6 Å². The molecule has 1 N–H and O–H groups in total. The second-order valence-electron chi connectivity index (χ2n) is 7.20. The van der Waals surface area contributed by atoms with E-state index in [9.17, 15) is 9.59 Å². The van der Waals surface area contributed by atoms with Crippen LogP contribution in [0.2, 0.25) is 0 Å². The molecule has 2 fully saturated rings. The van der Waals surface area contributed by atoms with E-state index in [2.05, 4.69) is 0 Å². The molecule has 1 aliphatic carbocycles. The second kappa shape index (κ2) is 5.83. The van der Waals surface area contributed by atoms with E-state index >= 15 is 0 Å². The van der Waals surface area contributed by atoms with Crippen LogP contribution in [0.3, 0.4) is 0 Å². The third-order valence-electron chi connectivity index (χ3n) is 4.24. The number of hydrogen-bond acceptors (Lipinski definition) is 4. The summed E-state index contributed by atoms with van der Waals surface area (Å²) in [5.41, 5.74) is -0.222. The summed E-state index contributed by atoms with van der Waals surface area (Å²) in [7, 11) is 0. The Morgan fingerprint density at radius 2 is 1.81 bits per heavy atom. The molecule has 0 aromatic heterocycles. The van der Waals surface area contributed by atoms with Gasteiger partial charge >= 0.3 is 12.1 Å². The molecule has 120 valence electrons. The van der Waals surface area contributed by atoms with E-state index in [0.717, 1.165) is 25.7 Å². The number of carbonyl (C=O) groups is 2. The maximum Gasteiger partial charge on any atom is 0.410 e. The highest BCUT2D eigenvalue weighted by atomic mass is 16.6. The van der Waals surface area contributed by atoms with Crippen LogP contribution in [0.5, 0.6) is 0 Å². The first-order chi connectivity index (χ1) is 9.69. The lowest BCUT2D eigenvalue weighted by Gasteiger charge is -2.51. The maximum atomic E-state index is 12.0. The molecule has 1 spiro atoms. The van der Waals surface area contributed by atoms with Crippen molar-refractivity contribution in [3.05, 3.63) is 0 Å². The first-order valence-corrected chi connectivity index (χ1v) is 7.50. The summed E-state index contributed by atoms with van der Waals surface area (Å²) in [4.78, 5) is 24.2. The number of carbonyl (C=O) groups excluding carboxylic acids is 1. The van der Waals surface area contributed by atoms with Gasteiger partial charge in [0.05, 0.1) is 6.10 Å². The van der Waals surface area contributed by atoms with Crippen molar-refractivity contribution in [1.82, 2.24) is 4.90 Å². The number of carboxylic acids is 1. The smallest absolute Gasteiger partial charge is 0.410 e. The van der Waals surface area contributed by atoms with Crippen LogP contribution in [0.1, 0.15) is 46.5 Å². The third kappa shape index (κ3) is 4.33. The Bertz CT molecular complexity index is 399. The molecule has 21 heavy (non-hydrogen) atoms. The number of piperidine rings is 1. The minimum Gasteiger partial charge on any atom is -0.480 e. The highest BCUT2D eigenvalue weighted by molar-refractivity contribution is 5.68. The molecule has 2 aliphatic rings. The normalized spacial score (nSPS) is 22.0. The fraction of sp³-hybridized carbons (Fsp3) is 0.867. The summed E-state index contributed by atoms with van der Waals surface area (Å²) in [5.74, 6) is -0.921. The summed E-state index contributed by atoms with van der Waals surface area (Å²) < 4.78 is 10.7. The first-order valence-electron chi connectivity index (χ1n) is 7.50. The molecule has 0 unspecified atom stereocenters. The van der Waals surface area contributed by atoms with E-state index in [1.165, 1.54) is 0 Å². The van der Waals surface area contributed by atoms with Gasteiger partial charge in [0.1, 0.15) is 12.2 Å². The molecule has 1 aliphatic heterocycles. The molecule has 0 bridgehead atoms. The molecule has 0 radical (unpaired) electrons. The fourth-order valence-electron chi connectivity index (χ4n) is 3.11. The zero-order chi connectivity index (χ0) is 15.7. The topological polar surface area (TPSA) is 76.1 Å². The van der Waals surface area contributed by atoms with Gasteiger partial charge in [-0.05, 0) is 51.9 Å². The highest BCUT2D eigenvalue weighted by Crippen LogP contribution is 2.50. The molecule has 1 amide bonds. The van der Waals surface area contributed by atoms with Gasteiger partial charge in [0, 0.05) is 13.1 Å². The number of aliphatic carboxylic acids is 1. The molecular weight excluding hydrogens is 274 g/mol. The van der Waals surface area contributed by atoms with Crippen LogP contribution in [0, 0.1) is 5.41 Å². The third-order valence-corrected chi connectivity index (χ3v) is 4.24. The maximum absolute atomic E-state index is 12.0. The number of ether oxygens (including phenoxy) is 2. The van der Waals surface area contributed by atoms with Gasteiger partial charge in [0.25, 0.3) is 0 Å². The number of nitrogens with zero attached hydrogens (tertiary/aromatic N) is 1. The zero-order valence-corrected chi connectivity index (χ0v) is 13.1. The summed E-state index contributed by atoms with van der Waals surface area (Å²) in [6, 6.07) is 0. The van der Waals surface area contributed by atoms with Crippen LogP contribution in [0.15, 0.2) is 0 Å². The summed E-state index contributed by atoms with van der Waals surface area (Å²) >= 11 is 0. The summed E-state index contributed by atoms with van der Waals surface area (Å²) in [5, 5.41) is 8.59. The van der Waals surface area contributed by atoms with E-state index in [1.807, 2.05) is 20.8 Å². The minimum absolute atomic E-state index is 0.0641. The molecule has 6 heteroatoms. The van der Waals surface area contributed by atoms with Gasteiger partial charge in [-0.15, -0.1) is 0 Å². The van der Waals surface area contributed by atoms with Gasteiger partial charge in [0.2, 0.25) is 0 Å². The van der Waals surface area contributed by atoms with Crippen molar-refractivity contribution in [2.24, 2.45) is 5.41 Å². The van der Waals surface area contributed by atoms with Gasteiger partial charge in [-0.3, -0.25) is 0 Å². The van der Waals surface area contributed by atoms with Crippen molar-refractivity contribution in [3.63, 3.8) is 0 Å². The Morgan fingerprint density at radius 3 is 2.29 bits per heavy atom. The van der Waals surface area contributed by atoms with Crippen LogP contribution < -0.4 is 0 Å². The molecule has 0 atom stereocenters. The van der Waals surface area contributed by atoms with Gasteiger partial charge in [-0.2, -0.15) is 0 Å². The predicted octanol–water partition coefficient (Wildman–Crippen LogP) is 2.27. The molecule has 1 heterocycles. The van der Waals surface area contributed by atoms with E-state index in [-0.39, 0.29) is 24.2 Å².